The minimum absolute atomic E-state index is 0.0837. The lowest BCUT2D eigenvalue weighted by Gasteiger charge is -2.35. The second kappa shape index (κ2) is 7.03. The van der Waals surface area contributed by atoms with Gasteiger partial charge >= 0.3 is 0 Å². The third-order valence-electron chi connectivity index (χ3n) is 4.26. The lowest BCUT2D eigenvalue weighted by Crippen LogP contribution is -2.53. The first-order chi connectivity index (χ1) is 12.1. The number of hydrogen-bond donors (Lipinski definition) is 1. The van der Waals surface area contributed by atoms with Gasteiger partial charge in [-0.2, -0.15) is 0 Å². The second-order valence-electron chi connectivity index (χ2n) is 5.86. The minimum atomic E-state index is -0.415. The monoisotopic (exact) mass is 343 g/mol. The Balaban J connectivity index is 1.97. The van der Waals surface area contributed by atoms with E-state index >= 15 is 0 Å². The van der Waals surface area contributed by atoms with Gasteiger partial charge in [-0.3, -0.25) is 4.79 Å². The molecule has 6 heteroatoms. The Kier molecular flexibility index (Phi) is 4.81. The van der Waals surface area contributed by atoms with E-state index in [2.05, 4.69) is 0 Å². The van der Waals surface area contributed by atoms with Crippen LogP contribution in [0.3, 0.4) is 0 Å². The first-order valence-corrected chi connectivity index (χ1v) is 7.95. The molecule has 0 atom stereocenters. The largest absolute Gasteiger partial charge is 0.493 e. The number of aliphatic hydroxyl groups excluding tert-OH is 1. The van der Waals surface area contributed by atoms with E-state index < -0.39 is 6.10 Å². The summed E-state index contributed by atoms with van der Waals surface area (Å²) in [4.78, 5) is 14.1. The fraction of sp³-hybridized carbons (Fsp3) is 0.316. The Morgan fingerprint density at radius 2 is 1.64 bits per heavy atom. The summed E-state index contributed by atoms with van der Waals surface area (Å²) in [5.41, 5.74) is 2.30. The number of hydrogen-bond acceptors (Lipinski definition) is 5. The van der Waals surface area contributed by atoms with Gasteiger partial charge in [0, 0.05) is 18.7 Å². The summed E-state index contributed by atoms with van der Waals surface area (Å²) in [6, 6.07) is 11.0. The van der Waals surface area contributed by atoms with Crippen LogP contribution in [0.4, 0.5) is 0 Å². The van der Waals surface area contributed by atoms with Crippen LogP contribution in [-0.2, 0) is 0 Å². The summed E-state index contributed by atoms with van der Waals surface area (Å²) in [5, 5.41) is 9.38. The van der Waals surface area contributed by atoms with Gasteiger partial charge in [0.25, 0.3) is 5.91 Å². The van der Waals surface area contributed by atoms with Gasteiger partial charge in [-0.05, 0) is 35.4 Å². The zero-order chi connectivity index (χ0) is 18.0. The minimum Gasteiger partial charge on any atom is -0.493 e. The smallest absolute Gasteiger partial charge is 0.254 e. The van der Waals surface area contributed by atoms with Crippen molar-refractivity contribution in [2.45, 2.75) is 6.10 Å². The van der Waals surface area contributed by atoms with E-state index in [4.69, 9.17) is 14.2 Å². The highest BCUT2D eigenvalue weighted by atomic mass is 16.5. The lowest BCUT2D eigenvalue weighted by atomic mass is 10.0. The standard InChI is InChI=1S/C19H21NO5/c1-23-16-8-14(9-17(24-2)18(16)25-3)12-5-4-6-13(7-12)19(22)20-10-15(21)11-20/h4-9,15,21H,10-11H2,1-3H3. The van der Waals surface area contributed by atoms with E-state index in [-0.39, 0.29) is 5.91 Å². The summed E-state index contributed by atoms with van der Waals surface area (Å²) in [6.45, 7) is 0.764. The predicted octanol–water partition coefficient (Wildman–Crippen LogP) is 2.20. The number of β-amino-alcohol motifs (C(OH)–C–C–N with tert-alkyl or cyclic N) is 1. The molecule has 0 saturated carbocycles. The third kappa shape index (κ3) is 3.25. The molecule has 25 heavy (non-hydrogen) atoms. The normalized spacial score (nSPS) is 14.0. The highest BCUT2D eigenvalue weighted by Gasteiger charge is 2.29. The Morgan fingerprint density at radius 3 is 2.16 bits per heavy atom. The van der Waals surface area contributed by atoms with Crippen LogP contribution in [0.15, 0.2) is 36.4 Å². The number of amides is 1. The van der Waals surface area contributed by atoms with Gasteiger partial charge in [0.2, 0.25) is 5.75 Å². The van der Waals surface area contributed by atoms with Crippen molar-refractivity contribution in [3.05, 3.63) is 42.0 Å². The van der Waals surface area contributed by atoms with Crippen molar-refractivity contribution in [3.8, 4) is 28.4 Å². The number of carbonyl (C=O) groups excluding carboxylic acids is 1. The van der Waals surface area contributed by atoms with E-state index in [0.29, 0.717) is 35.9 Å². The summed E-state index contributed by atoms with van der Waals surface area (Å²) in [6.07, 6.45) is -0.415. The van der Waals surface area contributed by atoms with Crippen LogP contribution < -0.4 is 14.2 Å². The number of nitrogens with zero attached hydrogens (tertiary/aromatic N) is 1. The van der Waals surface area contributed by atoms with Crippen LogP contribution in [-0.4, -0.2) is 56.4 Å². The van der Waals surface area contributed by atoms with Crippen LogP contribution in [0.2, 0.25) is 0 Å². The van der Waals surface area contributed by atoms with Gasteiger partial charge in [0.1, 0.15) is 0 Å². The summed E-state index contributed by atoms with van der Waals surface area (Å²) >= 11 is 0. The van der Waals surface area contributed by atoms with Crippen LogP contribution in [0.5, 0.6) is 17.2 Å². The molecule has 0 aliphatic carbocycles. The maximum absolute atomic E-state index is 12.4. The zero-order valence-corrected chi connectivity index (χ0v) is 14.5. The molecule has 0 bridgehead atoms. The fourth-order valence-corrected chi connectivity index (χ4v) is 2.88. The van der Waals surface area contributed by atoms with Gasteiger partial charge in [0.15, 0.2) is 11.5 Å². The molecular formula is C19H21NO5. The molecule has 0 aromatic heterocycles. The van der Waals surface area contributed by atoms with E-state index in [1.54, 1.807) is 32.3 Å². The number of methoxy groups -OCH3 is 3. The van der Waals surface area contributed by atoms with Crippen LogP contribution >= 0.6 is 0 Å². The predicted molar refractivity (Wildman–Crippen MR) is 93.4 cm³/mol. The van der Waals surface area contributed by atoms with E-state index in [1.807, 2.05) is 30.3 Å². The SMILES string of the molecule is COc1cc(-c2cccc(C(=O)N3CC(O)C3)c2)cc(OC)c1OC. The first kappa shape index (κ1) is 17.1. The molecule has 1 N–H and O–H groups in total. The van der Waals surface area contributed by atoms with E-state index in [1.165, 1.54) is 0 Å². The number of likely N-dealkylation sites (tertiary alicyclic amines) is 1. The van der Waals surface area contributed by atoms with Gasteiger partial charge in [-0.25, -0.2) is 0 Å². The summed E-state index contributed by atoms with van der Waals surface area (Å²) in [5.74, 6) is 1.55. The van der Waals surface area contributed by atoms with Crippen molar-refractivity contribution < 1.29 is 24.1 Å². The molecule has 1 heterocycles. The lowest BCUT2D eigenvalue weighted by molar-refractivity contribution is 0.00590. The molecule has 1 fully saturated rings. The molecule has 0 radical (unpaired) electrons. The Morgan fingerprint density at radius 1 is 1.00 bits per heavy atom. The van der Waals surface area contributed by atoms with Gasteiger partial charge in [0.05, 0.1) is 27.4 Å². The number of ether oxygens (including phenoxy) is 3. The molecular weight excluding hydrogens is 322 g/mol. The maximum atomic E-state index is 12.4. The molecule has 1 aliphatic rings. The van der Waals surface area contributed by atoms with Crippen LogP contribution in [0, 0.1) is 0 Å². The highest BCUT2D eigenvalue weighted by molar-refractivity contribution is 5.96. The molecule has 3 rings (SSSR count). The fourth-order valence-electron chi connectivity index (χ4n) is 2.88. The Labute approximate surface area is 146 Å². The third-order valence-corrected chi connectivity index (χ3v) is 4.26. The average Bonchev–Trinajstić information content (AvgIpc) is 2.63. The number of benzene rings is 2. The van der Waals surface area contributed by atoms with Crippen LogP contribution in [0.25, 0.3) is 11.1 Å². The first-order valence-electron chi connectivity index (χ1n) is 7.95. The molecule has 6 nitrogen and oxygen atoms in total. The van der Waals surface area contributed by atoms with E-state index in [9.17, 15) is 9.90 Å². The molecule has 1 saturated heterocycles. The summed E-state index contributed by atoms with van der Waals surface area (Å²) < 4.78 is 16.1. The number of rotatable bonds is 5. The molecule has 2 aromatic rings. The van der Waals surface area contributed by atoms with Crippen molar-refractivity contribution in [3.63, 3.8) is 0 Å². The molecule has 132 valence electrons. The topological polar surface area (TPSA) is 68.2 Å². The number of carbonyl (C=O) groups is 1. The molecule has 1 amide bonds. The quantitative estimate of drug-likeness (QED) is 0.901. The maximum Gasteiger partial charge on any atom is 0.254 e. The Bertz CT molecular complexity index is 758. The molecule has 0 spiro atoms. The zero-order valence-electron chi connectivity index (χ0n) is 14.5. The molecule has 2 aromatic carbocycles. The van der Waals surface area contributed by atoms with Gasteiger partial charge in [-0.15, -0.1) is 0 Å². The molecule has 1 aliphatic heterocycles. The van der Waals surface area contributed by atoms with Gasteiger partial charge in [-0.1, -0.05) is 12.1 Å². The van der Waals surface area contributed by atoms with Crippen molar-refractivity contribution >= 4 is 5.91 Å². The van der Waals surface area contributed by atoms with Crippen molar-refractivity contribution in [1.29, 1.82) is 0 Å². The molecule has 0 unspecified atom stereocenters. The summed E-state index contributed by atoms with van der Waals surface area (Å²) in [7, 11) is 4.69. The van der Waals surface area contributed by atoms with E-state index in [0.717, 1.165) is 11.1 Å². The highest BCUT2D eigenvalue weighted by Crippen LogP contribution is 2.41. The van der Waals surface area contributed by atoms with Crippen molar-refractivity contribution in [2.75, 3.05) is 34.4 Å². The number of aliphatic hydroxyl groups is 1. The van der Waals surface area contributed by atoms with Crippen LogP contribution in [0.1, 0.15) is 10.4 Å². The van der Waals surface area contributed by atoms with Crippen molar-refractivity contribution in [2.24, 2.45) is 0 Å². The van der Waals surface area contributed by atoms with Crippen molar-refractivity contribution in [1.82, 2.24) is 4.90 Å². The Hall–Kier alpha value is -2.73. The second-order valence-corrected chi connectivity index (χ2v) is 5.86. The average molecular weight is 343 g/mol. The van der Waals surface area contributed by atoms with Gasteiger partial charge < -0.3 is 24.2 Å².